The number of methoxy groups -OCH3 is 1. The number of halogens is 2. The summed E-state index contributed by atoms with van der Waals surface area (Å²) in [4.78, 5) is 8.92. The zero-order chi connectivity index (χ0) is 20.5. The molecule has 2 aromatic rings. The summed E-state index contributed by atoms with van der Waals surface area (Å²) >= 11 is 0. The van der Waals surface area contributed by atoms with Gasteiger partial charge in [0.05, 0.1) is 25.9 Å². The van der Waals surface area contributed by atoms with Gasteiger partial charge in [-0.05, 0) is 26.8 Å². The van der Waals surface area contributed by atoms with Gasteiger partial charge in [0.15, 0.2) is 5.96 Å². The number of guanidine groups is 1. The number of nitrogens with zero attached hydrogens (tertiary/aromatic N) is 2. The van der Waals surface area contributed by atoms with Crippen molar-refractivity contribution in [3.8, 4) is 11.5 Å². The largest absolute Gasteiger partial charge is 0.496 e. The second-order valence-corrected chi connectivity index (χ2v) is 6.08. The number of aryl methyl sites for hydroxylation is 1. The number of rotatable bonds is 8. The molecule has 1 aromatic carbocycles. The highest BCUT2D eigenvalue weighted by Gasteiger charge is 2.11. The summed E-state index contributed by atoms with van der Waals surface area (Å²) in [5.74, 6) is 1.49. The number of benzene rings is 1. The highest BCUT2D eigenvalue weighted by atomic mass is 19.3. The minimum atomic E-state index is -2.87. The van der Waals surface area contributed by atoms with Gasteiger partial charge in [0.2, 0.25) is 0 Å². The van der Waals surface area contributed by atoms with Crippen molar-refractivity contribution in [2.45, 2.75) is 40.5 Å². The first kappa shape index (κ1) is 21.4. The fraction of sp³-hybridized carbons (Fsp3) is 0.400. The second-order valence-electron chi connectivity index (χ2n) is 6.08. The van der Waals surface area contributed by atoms with E-state index in [1.165, 1.54) is 6.07 Å². The number of aliphatic imine (C=N–C) groups is 1. The second kappa shape index (κ2) is 10.4. The topological polar surface area (TPSA) is 67.8 Å². The Morgan fingerprint density at radius 1 is 1.21 bits per heavy atom. The van der Waals surface area contributed by atoms with E-state index >= 15 is 0 Å². The Bertz CT molecular complexity index is 813. The van der Waals surface area contributed by atoms with E-state index in [-0.39, 0.29) is 12.3 Å². The molecule has 0 unspecified atom stereocenters. The highest BCUT2D eigenvalue weighted by Crippen LogP contribution is 2.24. The number of hydrogen-bond acceptors (Lipinski definition) is 4. The van der Waals surface area contributed by atoms with Crippen molar-refractivity contribution in [1.82, 2.24) is 15.6 Å². The van der Waals surface area contributed by atoms with Crippen LogP contribution in [0.2, 0.25) is 0 Å². The third-order valence-electron chi connectivity index (χ3n) is 4.11. The third kappa shape index (κ3) is 5.80. The average molecular weight is 392 g/mol. The van der Waals surface area contributed by atoms with Gasteiger partial charge >= 0.3 is 6.61 Å². The number of hydrogen-bond donors (Lipinski definition) is 2. The lowest BCUT2D eigenvalue weighted by Gasteiger charge is -2.15. The monoisotopic (exact) mass is 392 g/mol. The van der Waals surface area contributed by atoms with Gasteiger partial charge in [-0.3, -0.25) is 4.98 Å². The lowest BCUT2D eigenvalue weighted by molar-refractivity contribution is -0.0504. The van der Waals surface area contributed by atoms with Crippen LogP contribution >= 0.6 is 0 Å². The number of para-hydroxylation sites is 1. The molecule has 0 amide bonds. The van der Waals surface area contributed by atoms with Crippen molar-refractivity contribution >= 4 is 5.96 Å². The Labute approximate surface area is 164 Å². The number of alkyl halides is 2. The van der Waals surface area contributed by atoms with Crippen molar-refractivity contribution < 1.29 is 18.3 Å². The van der Waals surface area contributed by atoms with Crippen LogP contribution in [-0.2, 0) is 13.1 Å². The van der Waals surface area contributed by atoms with E-state index in [1.807, 2.05) is 20.8 Å². The van der Waals surface area contributed by atoms with Crippen LogP contribution in [0.3, 0.4) is 0 Å². The Morgan fingerprint density at radius 3 is 2.64 bits per heavy atom. The molecule has 0 aliphatic carbocycles. The van der Waals surface area contributed by atoms with Gasteiger partial charge in [0.25, 0.3) is 0 Å². The maximum absolute atomic E-state index is 12.6. The maximum atomic E-state index is 12.6. The fourth-order valence-electron chi connectivity index (χ4n) is 2.77. The zero-order valence-corrected chi connectivity index (χ0v) is 16.6. The first-order chi connectivity index (χ1) is 13.5. The van der Waals surface area contributed by atoms with Gasteiger partial charge in [-0.25, -0.2) is 4.99 Å². The molecule has 1 heterocycles. The lowest BCUT2D eigenvalue weighted by atomic mass is 10.1. The van der Waals surface area contributed by atoms with E-state index in [0.29, 0.717) is 24.6 Å². The Balaban J connectivity index is 2.12. The lowest BCUT2D eigenvalue weighted by Crippen LogP contribution is -2.37. The predicted octanol–water partition coefficient (Wildman–Crippen LogP) is 3.56. The molecule has 0 aliphatic rings. The summed E-state index contributed by atoms with van der Waals surface area (Å²) in [6, 6.07) is 6.62. The Morgan fingerprint density at radius 2 is 1.96 bits per heavy atom. The van der Waals surface area contributed by atoms with E-state index in [9.17, 15) is 8.78 Å². The Kier molecular flexibility index (Phi) is 7.98. The van der Waals surface area contributed by atoms with E-state index in [2.05, 4.69) is 25.3 Å². The molecule has 28 heavy (non-hydrogen) atoms. The van der Waals surface area contributed by atoms with Crippen molar-refractivity contribution in [1.29, 1.82) is 0 Å². The summed E-state index contributed by atoms with van der Waals surface area (Å²) in [7, 11) is 1.64. The molecule has 0 aliphatic heterocycles. The maximum Gasteiger partial charge on any atom is 0.387 e. The van der Waals surface area contributed by atoms with Crippen molar-refractivity contribution in [2.75, 3.05) is 13.7 Å². The van der Waals surface area contributed by atoms with Crippen LogP contribution in [-0.4, -0.2) is 31.2 Å². The van der Waals surface area contributed by atoms with E-state index < -0.39 is 6.61 Å². The number of nitrogens with one attached hydrogen (secondary N) is 2. The molecule has 0 saturated heterocycles. The molecule has 0 bridgehead atoms. The molecule has 6 nitrogen and oxygen atoms in total. The van der Waals surface area contributed by atoms with Crippen molar-refractivity contribution in [3.63, 3.8) is 0 Å². The van der Waals surface area contributed by atoms with Gasteiger partial charge < -0.3 is 20.1 Å². The third-order valence-corrected chi connectivity index (χ3v) is 4.11. The first-order valence-electron chi connectivity index (χ1n) is 9.00. The predicted molar refractivity (Wildman–Crippen MR) is 105 cm³/mol. The van der Waals surface area contributed by atoms with Crippen LogP contribution < -0.4 is 20.1 Å². The molecule has 152 valence electrons. The van der Waals surface area contributed by atoms with Crippen LogP contribution in [0.1, 0.15) is 29.3 Å². The average Bonchev–Trinajstić information content (AvgIpc) is 2.66. The molecule has 1 aromatic heterocycles. The molecule has 2 rings (SSSR count). The molecule has 0 saturated carbocycles. The summed E-state index contributed by atoms with van der Waals surface area (Å²) in [5.41, 5.74) is 3.35. The quantitative estimate of drug-likeness (QED) is 0.531. The molecule has 0 spiro atoms. The van der Waals surface area contributed by atoms with Gasteiger partial charge in [0.1, 0.15) is 11.5 Å². The summed E-state index contributed by atoms with van der Waals surface area (Å²) in [5, 5.41) is 6.34. The van der Waals surface area contributed by atoms with Crippen molar-refractivity contribution in [2.24, 2.45) is 4.99 Å². The minimum Gasteiger partial charge on any atom is -0.496 e. The van der Waals surface area contributed by atoms with Gasteiger partial charge in [0, 0.05) is 29.4 Å². The summed E-state index contributed by atoms with van der Waals surface area (Å²) in [6.45, 7) is 4.28. The van der Waals surface area contributed by atoms with Crippen LogP contribution in [0.25, 0.3) is 0 Å². The SMILES string of the molecule is CCNC(=NCc1ccccc1OC(F)F)NCc1ncc(C)c(OC)c1C. The van der Waals surface area contributed by atoms with Crippen LogP contribution in [0.4, 0.5) is 8.78 Å². The number of aromatic nitrogens is 1. The zero-order valence-electron chi connectivity index (χ0n) is 16.6. The summed E-state index contributed by atoms with van der Waals surface area (Å²) < 4.78 is 35.1. The molecule has 8 heteroatoms. The van der Waals surface area contributed by atoms with Crippen LogP contribution in [0.15, 0.2) is 35.5 Å². The molecular weight excluding hydrogens is 366 g/mol. The van der Waals surface area contributed by atoms with E-state index in [1.54, 1.807) is 31.5 Å². The summed E-state index contributed by atoms with van der Waals surface area (Å²) in [6.07, 6.45) is 1.77. The van der Waals surface area contributed by atoms with E-state index in [4.69, 9.17) is 4.74 Å². The highest BCUT2D eigenvalue weighted by molar-refractivity contribution is 5.79. The number of pyridine rings is 1. The molecule has 0 radical (unpaired) electrons. The smallest absolute Gasteiger partial charge is 0.387 e. The Hall–Kier alpha value is -2.90. The first-order valence-corrected chi connectivity index (χ1v) is 9.00. The minimum absolute atomic E-state index is 0.123. The van der Waals surface area contributed by atoms with Crippen molar-refractivity contribution in [3.05, 3.63) is 52.8 Å². The van der Waals surface area contributed by atoms with Crippen LogP contribution in [0, 0.1) is 13.8 Å². The number of ether oxygens (including phenoxy) is 2. The van der Waals surface area contributed by atoms with Crippen LogP contribution in [0.5, 0.6) is 11.5 Å². The standard InChI is InChI=1S/C20H26F2N4O2/c1-5-23-20(25-11-15-8-6-7-9-17(15)28-19(21)22)26-12-16-14(3)18(27-4)13(2)10-24-16/h6-10,19H,5,11-12H2,1-4H3,(H2,23,25,26). The van der Waals surface area contributed by atoms with E-state index in [0.717, 1.165) is 22.6 Å². The van der Waals surface area contributed by atoms with Gasteiger partial charge in [-0.15, -0.1) is 0 Å². The normalized spacial score (nSPS) is 11.5. The molecular formula is C20H26F2N4O2. The molecule has 2 N–H and O–H groups in total. The molecule has 0 atom stereocenters. The fourth-order valence-corrected chi connectivity index (χ4v) is 2.77. The molecule has 0 fully saturated rings. The van der Waals surface area contributed by atoms with Gasteiger partial charge in [-0.2, -0.15) is 8.78 Å². The van der Waals surface area contributed by atoms with Gasteiger partial charge in [-0.1, -0.05) is 18.2 Å².